The molecule has 68 valence electrons. The van der Waals surface area contributed by atoms with Crippen molar-refractivity contribution in [2.24, 2.45) is 0 Å². The highest BCUT2D eigenvalue weighted by Crippen LogP contribution is 2.05. The Labute approximate surface area is 68.6 Å². The Morgan fingerprint density at radius 2 is 2.17 bits per heavy atom. The summed E-state index contributed by atoms with van der Waals surface area (Å²) in [5.74, 6) is -0.941. The highest BCUT2D eigenvalue weighted by Gasteiger charge is 2.29. The van der Waals surface area contributed by atoms with Gasteiger partial charge in [-0.15, -0.1) is 0 Å². The van der Waals surface area contributed by atoms with E-state index in [2.05, 4.69) is 10.6 Å². The molecule has 6 nitrogen and oxygen atoms in total. The van der Waals surface area contributed by atoms with Gasteiger partial charge in [0.05, 0.1) is 6.04 Å². The lowest BCUT2D eigenvalue weighted by Crippen LogP contribution is -2.33. The molecule has 1 aliphatic rings. The van der Waals surface area contributed by atoms with E-state index in [4.69, 9.17) is 10.2 Å². The molecule has 2 amide bonds. The first-order chi connectivity index (χ1) is 5.59. The van der Waals surface area contributed by atoms with Crippen molar-refractivity contribution in [1.82, 2.24) is 10.6 Å². The molecule has 0 aromatic rings. The lowest BCUT2D eigenvalue weighted by Gasteiger charge is -2.10. The maximum Gasteiger partial charge on any atom is 0.317 e. The second kappa shape index (κ2) is 3.40. The number of carbonyl (C=O) groups excluding carboxylic acids is 1. The van der Waals surface area contributed by atoms with E-state index >= 15 is 0 Å². The lowest BCUT2D eigenvalue weighted by molar-refractivity contribution is -0.137. The van der Waals surface area contributed by atoms with Crippen LogP contribution in [0.15, 0.2) is 0 Å². The van der Waals surface area contributed by atoms with Crippen LogP contribution in [0.2, 0.25) is 0 Å². The number of aliphatic hydroxyl groups is 1. The third-order valence-electron chi connectivity index (χ3n) is 1.65. The van der Waals surface area contributed by atoms with Crippen LogP contribution in [-0.2, 0) is 4.79 Å². The van der Waals surface area contributed by atoms with Crippen LogP contribution >= 0.6 is 0 Å². The first-order valence-electron chi connectivity index (χ1n) is 3.56. The van der Waals surface area contributed by atoms with Crippen LogP contribution in [0.1, 0.15) is 12.8 Å². The van der Waals surface area contributed by atoms with Crippen molar-refractivity contribution < 1.29 is 19.8 Å². The Morgan fingerprint density at radius 1 is 1.50 bits per heavy atom. The van der Waals surface area contributed by atoms with Crippen LogP contribution < -0.4 is 10.6 Å². The Balaban J connectivity index is 2.33. The molecule has 1 unspecified atom stereocenters. The third kappa shape index (κ3) is 2.09. The van der Waals surface area contributed by atoms with E-state index in [-0.39, 0.29) is 12.8 Å². The molecule has 1 saturated heterocycles. The van der Waals surface area contributed by atoms with Crippen molar-refractivity contribution >= 4 is 12.0 Å². The zero-order valence-electron chi connectivity index (χ0n) is 6.28. The monoisotopic (exact) mass is 174 g/mol. The van der Waals surface area contributed by atoms with E-state index in [1.807, 2.05) is 0 Å². The summed E-state index contributed by atoms with van der Waals surface area (Å²) in [6, 6.07) is -0.952. The average molecular weight is 174 g/mol. The zero-order chi connectivity index (χ0) is 9.14. The van der Waals surface area contributed by atoms with E-state index < -0.39 is 24.3 Å². The highest BCUT2D eigenvalue weighted by atomic mass is 16.4. The van der Waals surface area contributed by atoms with Crippen LogP contribution in [0.5, 0.6) is 0 Å². The minimum absolute atomic E-state index is 0.0658. The second-order valence-electron chi connectivity index (χ2n) is 2.60. The first-order valence-corrected chi connectivity index (χ1v) is 3.56. The minimum atomic E-state index is -0.975. The Hall–Kier alpha value is -1.30. The predicted octanol–water partition coefficient (Wildman–Crippen LogP) is -1.15. The molecule has 0 saturated carbocycles. The molecule has 1 heterocycles. The third-order valence-corrected chi connectivity index (χ3v) is 1.65. The maximum absolute atomic E-state index is 10.6. The normalized spacial score (nSPS) is 27.9. The summed E-state index contributed by atoms with van der Waals surface area (Å²) in [7, 11) is 0. The molecule has 2 atom stereocenters. The van der Waals surface area contributed by atoms with Crippen LogP contribution in [0, 0.1) is 0 Å². The fourth-order valence-corrected chi connectivity index (χ4v) is 1.03. The van der Waals surface area contributed by atoms with Gasteiger partial charge in [-0.3, -0.25) is 4.79 Å². The SMILES string of the molecule is O=C(O)CC[C@H]1NC(=O)NC1O. The number of aliphatic carboxylic acids is 1. The fraction of sp³-hybridized carbons (Fsp3) is 0.667. The molecule has 0 radical (unpaired) electrons. The van der Waals surface area contributed by atoms with Crippen LogP contribution in [-0.4, -0.2) is 34.5 Å². The molecule has 1 fully saturated rings. The minimum Gasteiger partial charge on any atom is -0.481 e. The van der Waals surface area contributed by atoms with Gasteiger partial charge in [0, 0.05) is 6.42 Å². The quantitative estimate of drug-likeness (QED) is 0.434. The number of carboxylic acid groups (broad SMARTS) is 1. The molecule has 0 spiro atoms. The van der Waals surface area contributed by atoms with Gasteiger partial charge in [-0.2, -0.15) is 0 Å². The van der Waals surface area contributed by atoms with Crippen molar-refractivity contribution in [1.29, 1.82) is 0 Å². The number of hydrogen-bond acceptors (Lipinski definition) is 3. The van der Waals surface area contributed by atoms with Gasteiger partial charge >= 0.3 is 12.0 Å². The van der Waals surface area contributed by atoms with Crippen LogP contribution in [0.25, 0.3) is 0 Å². The van der Waals surface area contributed by atoms with E-state index in [1.165, 1.54) is 0 Å². The average Bonchev–Trinajstić information content (AvgIpc) is 2.26. The van der Waals surface area contributed by atoms with Gasteiger partial charge in [-0.25, -0.2) is 4.79 Å². The summed E-state index contributed by atoms with van der Waals surface area (Å²) in [5.41, 5.74) is 0. The summed E-state index contributed by atoms with van der Waals surface area (Å²) in [5, 5.41) is 22.0. The number of amides is 2. The molecule has 0 aromatic carbocycles. The lowest BCUT2D eigenvalue weighted by atomic mass is 10.1. The van der Waals surface area contributed by atoms with Crippen molar-refractivity contribution in [3.05, 3.63) is 0 Å². The van der Waals surface area contributed by atoms with E-state index in [1.54, 1.807) is 0 Å². The summed E-state index contributed by atoms with van der Waals surface area (Å²) in [6.45, 7) is 0. The van der Waals surface area contributed by atoms with Crippen molar-refractivity contribution in [3.63, 3.8) is 0 Å². The number of nitrogens with one attached hydrogen (secondary N) is 2. The maximum atomic E-state index is 10.6. The van der Waals surface area contributed by atoms with E-state index in [9.17, 15) is 9.59 Å². The molecule has 12 heavy (non-hydrogen) atoms. The summed E-state index contributed by atoms with van der Waals surface area (Å²) < 4.78 is 0. The number of hydrogen-bond donors (Lipinski definition) is 4. The van der Waals surface area contributed by atoms with Crippen molar-refractivity contribution in [2.45, 2.75) is 25.1 Å². The Kier molecular flexibility index (Phi) is 2.49. The molecule has 6 heteroatoms. The van der Waals surface area contributed by atoms with Gasteiger partial charge in [0.25, 0.3) is 0 Å². The molecular weight excluding hydrogens is 164 g/mol. The van der Waals surface area contributed by atoms with Gasteiger partial charge in [-0.1, -0.05) is 0 Å². The Bertz CT molecular complexity index is 206. The number of carbonyl (C=O) groups is 2. The number of rotatable bonds is 3. The fourth-order valence-electron chi connectivity index (χ4n) is 1.03. The summed E-state index contributed by atoms with van der Waals surface area (Å²) >= 11 is 0. The first kappa shape index (κ1) is 8.79. The largest absolute Gasteiger partial charge is 0.481 e. The molecule has 1 rings (SSSR count). The van der Waals surface area contributed by atoms with Crippen LogP contribution in [0.4, 0.5) is 4.79 Å². The van der Waals surface area contributed by atoms with E-state index in [0.29, 0.717) is 0 Å². The summed E-state index contributed by atoms with van der Waals surface area (Å²) in [6.07, 6.45) is -0.810. The molecule has 0 bridgehead atoms. The molecule has 0 aromatic heterocycles. The van der Waals surface area contributed by atoms with Gasteiger partial charge in [-0.05, 0) is 6.42 Å². The Morgan fingerprint density at radius 3 is 2.58 bits per heavy atom. The van der Waals surface area contributed by atoms with Crippen molar-refractivity contribution in [2.75, 3.05) is 0 Å². The highest BCUT2D eigenvalue weighted by molar-refractivity contribution is 5.77. The molecular formula is C6H10N2O4. The van der Waals surface area contributed by atoms with Gasteiger partial charge in [0.1, 0.15) is 6.23 Å². The number of aliphatic hydroxyl groups excluding tert-OH is 1. The van der Waals surface area contributed by atoms with Gasteiger partial charge in [0.15, 0.2) is 0 Å². The van der Waals surface area contributed by atoms with E-state index in [0.717, 1.165) is 0 Å². The molecule has 0 aliphatic carbocycles. The number of urea groups is 1. The smallest absolute Gasteiger partial charge is 0.317 e. The van der Waals surface area contributed by atoms with Gasteiger partial charge < -0.3 is 20.8 Å². The standard InChI is InChI=1S/C6H10N2O4/c9-4(10)2-1-3-5(11)8-6(12)7-3/h3,5,11H,1-2H2,(H,9,10)(H2,7,8,12)/t3-,5?/m1/s1. The second-order valence-corrected chi connectivity index (χ2v) is 2.60. The van der Waals surface area contributed by atoms with Gasteiger partial charge in [0.2, 0.25) is 0 Å². The van der Waals surface area contributed by atoms with Crippen molar-refractivity contribution in [3.8, 4) is 0 Å². The number of carboxylic acids is 1. The predicted molar refractivity (Wildman–Crippen MR) is 38.3 cm³/mol. The summed E-state index contributed by atoms with van der Waals surface area (Å²) in [4.78, 5) is 20.7. The zero-order valence-corrected chi connectivity index (χ0v) is 6.28. The van der Waals surface area contributed by atoms with Crippen LogP contribution in [0.3, 0.4) is 0 Å². The molecule has 1 aliphatic heterocycles. The molecule has 4 N–H and O–H groups in total. The topological polar surface area (TPSA) is 98.7 Å².